The zero-order valence-corrected chi connectivity index (χ0v) is 15.3. The molecule has 0 aliphatic carbocycles. The second-order valence-electron chi connectivity index (χ2n) is 5.59. The van der Waals surface area contributed by atoms with Gasteiger partial charge in [-0.2, -0.15) is 0 Å². The summed E-state index contributed by atoms with van der Waals surface area (Å²) < 4.78 is 27.5. The Bertz CT molecular complexity index is 861. The number of carbonyl (C=O) groups excluding carboxylic acids is 2. The number of sulfone groups is 1. The molecule has 5 nitrogen and oxygen atoms in total. The van der Waals surface area contributed by atoms with Crippen molar-refractivity contribution < 1.29 is 22.7 Å². The van der Waals surface area contributed by atoms with Crippen LogP contribution in [-0.4, -0.2) is 33.0 Å². The van der Waals surface area contributed by atoms with Crippen molar-refractivity contribution in [2.75, 3.05) is 12.9 Å². The number of ether oxygens (including phenoxy) is 1. The first-order chi connectivity index (χ1) is 11.2. The van der Waals surface area contributed by atoms with Crippen LogP contribution in [0, 0.1) is 13.8 Å². The summed E-state index contributed by atoms with van der Waals surface area (Å²) in [6, 6.07) is 7.90. The summed E-state index contributed by atoms with van der Waals surface area (Å²) in [5.74, 6) is -0.935. The van der Waals surface area contributed by atoms with Gasteiger partial charge in [0.2, 0.25) is 5.78 Å². The van der Waals surface area contributed by atoms with Crippen molar-refractivity contribution in [3.63, 3.8) is 0 Å². The third-order valence-corrected chi connectivity index (χ3v) is 5.12. The highest BCUT2D eigenvalue weighted by Crippen LogP contribution is 2.21. The van der Waals surface area contributed by atoms with E-state index in [0.29, 0.717) is 11.1 Å². The monoisotopic (exact) mass is 366 g/mol. The molecule has 1 heterocycles. The van der Waals surface area contributed by atoms with Crippen LogP contribution in [-0.2, 0) is 20.3 Å². The van der Waals surface area contributed by atoms with E-state index in [2.05, 4.69) is 0 Å². The lowest BCUT2D eigenvalue weighted by atomic mass is 10.1. The van der Waals surface area contributed by atoms with E-state index in [4.69, 9.17) is 4.74 Å². The van der Waals surface area contributed by atoms with Crippen molar-refractivity contribution in [3.8, 4) is 0 Å². The smallest absolute Gasteiger partial charge is 0.338 e. The predicted molar refractivity (Wildman–Crippen MR) is 93.4 cm³/mol. The Morgan fingerprint density at radius 1 is 1.12 bits per heavy atom. The molecule has 2 aromatic rings. The molecule has 0 N–H and O–H groups in total. The SMILES string of the molecule is Cc1cc(C(=O)COC(=O)c2ccc(CS(C)(=O)=O)cc2)c(C)s1. The van der Waals surface area contributed by atoms with Gasteiger partial charge in [-0.05, 0) is 37.6 Å². The summed E-state index contributed by atoms with van der Waals surface area (Å²) >= 11 is 1.52. The number of aryl methyl sites for hydroxylation is 2. The van der Waals surface area contributed by atoms with Gasteiger partial charge in [0.1, 0.15) is 0 Å². The molecule has 0 aliphatic heterocycles. The highest BCUT2D eigenvalue weighted by atomic mass is 32.2. The molecule has 0 aliphatic rings. The van der Waals surface area contributed by atoms with E-state index in [0.717, 1.165) is 16.0 Å². The highest BCUT2D eigenvalue weighted by Gasteiger charge is 2.15. The van der Waals surface area contributed by atoms with Gasteiger partial charge in [0.25, 0.3) is 0 Å². The molecule has 128 valence electrons. The second kappa shape index (κ2) is 7.27. The highest BCUT2D eigenvalue weighted by molar-refractivity contribution is 7.89. The van der Waals surface area contributed by atoms with Crippen molar-refractivity contribution >= 4 is 32.9 Å². The van der Waals surface area contributed by atoms with Crippen LogP contribution < -0.4 is 0 Å². The first kappa shape index (κ1) is 18.4. The molecule has 0 amide bonds. The summed E-state index contributed by atoms with van der Waals surface area (Å²) in [6.45, 7) is 3.45. The maximum atomic E-state index is 12.1. The summed E-state index contributed by atoms with van der Waals surface area (Å²) in [6.07, 6.45) is 1.15. The molecule has 24 heavy (non-hydrogen) atoms. The maximum absolute atomic E-state index is 12.1. The molecule has 0 spiro atoms. The van der Waals surface area contributed by atoms with Crippen LogP contribution in [0.25, 0.3) is 0 Å². The topological polar surface area (TPSA) is 77.5 Å². The summed E-state index contributed by atoms with van der Waals surface area (Å²) in [4.78, 5) is 26.0. The Hall–Kier alpha value is -1.99. The first-order valence-electron chi connectivity index (χ1n) is 7.20. The largest absolute Gasteiger partial charge is 0.454 e. The third kappa shape index (κ3) is 5.01. The van der Waals surface area contributed by atoms with Gasteiger partial charge in [-0.1, -0.05) is 12.1 Å². The summed E-state index contributed by atoms with van der Waals surface area (Å²) in [7, 11) is -3.12. The predicted octanol–water partition coefficient (Wildman–Crippen LogP) is 2.95. The van der Waals surface area contributed by atoms with Crippen LogP contribution in [0.1, 0.15) is 36.0 Å². The molecule has 0 saturated heterocycles. The normalized spacial score (nSPS) is 11.3. The molecule has 7 heteroatoms. The molecule has 0 unspecified atom stereocenters. The maximum Gasteiger partial charge on any atom is 0.338 e. The molecule has 0 atom stereocenters. The number of Topliss-reactive ketones (excluding diaryl/α,β-unsaturated/α-hetero) is 1. The minimum Gasteiger partial charge on any atom is -0.454 e. The third-order valence-electron chi connectivity index (χ3n) is 3.29. The number of rotatable bonds is 6. The van der Waals surface area contributed by atoms with E-state index in [1.165, 1.54) is 23.5 Å². The minimum absolute atomic E-state index is 0.0857. The molecule has 0 bridgehead atoms. The Morgan fingerprint density at radius 2 is 1.75 bits per heavy atom. The van der Waals surface area contributed by atoms with E-state index in [1.54, 1.807) is 18.2 Å². The Kier molecular flexibility index (Phi) is 5.56. The molecule has 2 rings (SSSR count). The van der Waals surface area contributed by atoms with Crippen LogP contribution in [0.3, 0.4) is 0 Å². The summed E-state index contributed by atoms with van der Waals surface area (Å²) in [5, 5.41) is 0. The van der Waals surface area contributed by atoms with E-state index < -0.39 is 15.8 Å². The van der Waals surface area contributed by atoms with Gasteiger partial charge in [0.05, 0.1) is 11.3 Å². The van der Waals surface area contributed by atoms with Crippen LogP contribution in [0.15, 0.2) is 30.3 Å². The molecule has 1 aromatic carbocycles. The van der Waals surface area contributed by atoms with Crippen molar-refractivity contribution in [1.82, 2.24) is 0 Å². The van der Waals surface area contributed by atoms with Gasteiger partial charge in [-0.25, -0.2) is 13.2 Å². The number of carbonyl (C=O) groups is 2. The number of hydrogen-bond donors (Lipinski definition) is 0. The number of esters is 1. The van der Waals surface area contributed by atoms with Crippen LogP contribution in [0.5, 0.6) is 0 Å². The van der Waals surface area contributed by atoms with Crippen molar-refractivity contribution in [2.45, 2.75) is 19.6 Å². The molecule has 0 saturated carbocycles. The molecule has 0 radical (unpaired) electrons. The lowest BCUT2D eigenvalue weighted by Gasteiger charge is -2.05. The summed E-state index contributed by atoms with van der Waals surface area (Å²) in [5.41, 5.74) is 1.45. The fraction of sp³-hybridized carbons (Fsp3) is 0.294. The number of ketones is 1. The number of thiophene rings is 1. The molecular formula is C17H18O5S2. The quantitative estimate of drug-likeness (QED) is 0.580. The van der Waals surface area contributed by atoms with Crippen molar-refractivity contribution in [1.29, 1.82) is 0 Å². The van der Waals surface area contributed by atoms with Gasteiger partial charge < -0.3 is 4.74 Å². The van der Waals surface area contributed by atoms with Gasteiger partial charge in [0.15, 0.2) is 16.4 Å². The van der Waals surface area contributed by atoms with Crippen LogP contribution >= 0.6 is 11.3 Å². The van der Waals surface area contributed by atoms with Gasteiger partial charge in [-0.15, -0.1) is 11.3 Å². The second-order valence-corrected chi connectivity index (χ2v) is 9.19. The van der Waals surface area contributed by atoms with Crippen molar-refractivity contribution in [3.05, 3.63) is 56.8 Å². The van der Waals surface area contributed by atoms with Crippen molar-refractivity contribution in [2.24, 2.45) is 0 Å². The number of benzene rings is 1. The lowest BCUT2D eigenvalue weighted by molar-refractivity contribution is 0.0474. The molecular weight excluding hydrogens is 348 g/mol. The van der Waals surface area contributed by atoms with E-state index >= 15 is 0 Å². The van der Waals surface area contributed by atoms with E-state index in [-0.39, 0.29) is 23.7 Å². The molecule has 0 fully saturated rings. The Balaban J connectivity index is 1.97. The fourth-order valence-electron chi connectivity index (χ4n) is 2.24. The Morgan fingerprint density at radius 3 is 2.25 bits per heavy atom. The zero-order chi connectivity index (χ0) is 17.9. The Labute approximate surface area is 145 Å². The van der Waals surface area contributed by atoms with Crippen LogP contribution in [0.4, 0.5) is 0 Å². The number of hydrogen-bond acceptors (Lipinski definition) is 6. The van der Waals surface area contributed by atoms with Crippen LogP contribution in [0.2, 0.25) is 0 Å². The lowest BCUT2D eigenvalue weighted by Crippen LogP contribution is -2.14. The average Bonchev–Trinajstić information content (AvgIpc) is 2.82. The fourth-order valence-corrected chi connectivity index (χ4v) is 3.98. The zero-order valence-electron chi connectivity index (χ0n) is 13.7. The average molecular weight is 366 g/mol. The molecule has 1 aromatic heterocycles. The van der Waals surface area contributed by atoms with E-state index in [9.17, 15) is 18.0 Å². The standard InChI is InChI=1S/C17H18O5S2/c1-11-8-15(12(2)23-11)16(18)9-22-17(19)14-6-4-13(5-7-14)10-24(3,20)21/h4-8H,9-10H2,1-3H3. The first-order valence-corrected chi connectivity index (χ1v) is 10.1. The van der Waals surface area contributed by atoms with Gasteiger partial charge in [0, 0.05) is 21.6 Å². The van der Waals surface area contributed by atoms with Gasteiger partial charge >= 0.3 is 5.97 Å². The van der Waals surface area contributed by atoms with Gasteiger partial charge in [-0.3, -0.25) is 4.79 Å². The van der Waals surface area contributed by atoms with E-state index in [1.807, 2.05) is 13.8 Å². The minimum atomic E-state index is -3.12.